The van der Waals surface area contributed by atoms with Gasteiger partial charge in [0.15, 0.2) is 18.1 Å². The van der Waals surface area contributed by atoms with Crippen molar-refractivity contribution in [3.8, 4) is 17.6 Å². The van der Waals surface area contributed by atoms with Crippen molar-refractivity contribution in [2.75, 3.05) is 19.0 Å². The fourth-order valence-corrected chi connectivity index (χ4v) is 5.73. The van der Waals surface area contributed by atoms with Crippen LogP contribution in [0.2, 0.25) is 0 Å². The molecular formula is C30H33N3O3S. The summed E-state index contributed by atoms with van der Waals surface area (Å²) in [7, 11) is 1.56. The van der Waals surface area contributed by atoms with Gasteiger partial charge in [-0.15, -0.1) is 11.3 Å². The molecule has 1 aromatic heterocycles. The molecule has 1 aliphatic rings. The van der Waals surface area contributed by atoms with Crippen LogP contribution in [0.1, 0.15) is 54.3 Å². The molecule has 0 spiro atoms. The van der Waals surface area contributed by atoms with Gasteiger partial charge in [0.1, 0.15) is 11.1 Å². The maximum Gasteiger partial charge on any atom is 0.262 e. The Labute approximate surface area is 223 Å². The molecule has 1 heterocycles. The van der Waals surface area contributed by atoms with Crippen molar-refractivity contribution in [2.24, 2.45) is 16.3 Å². The van der Waals surface area contributed by atoms with Crippen molar-refractivity contribution in [3.63, 3.8) is 0 Å². The Morgan fingerprint density at radius 1 is 1.22 bits per heavy atom. The van der Waals surface area contributed by atoms with Crippen LogP contribution in [0.4, 0.5) is 10.7 Å². The zero-order chi connectivity index (χ0) is 26.6. The molecule has 0 radical (unpaired) electrons. The smallest absolute Gasteiger partial charge is 0.262 e. The molecule has 192 valence electrons. The van der Waals surface area contributed by atoms with Gasteiger partial charge in [-0.1, -0.05) is 38.5 Å². The number of nitrogens with zero attached hydrogens (tertiary/aromatic N) is 2. The highest BCUT2D eigenvalue weighted by Crippen LogP contribution is 2.45. The van der Waals surface area contributed by atoms with E-state index in [-0.39, 0.29) is 17.9 Å². The SMILES string of the molecule is COc1cc(C=Nc2sc3c(c2C#N)CC[C@H](C(C)(C)C)C3)ccc1OCC(=O)Nc1ccc(C)cc1. The summed E-state index contributed by atoms with van der Waals surface area (Å²) < 4.78 is 11.2. The lowest BCUT2D eigenvalue weighted by Gasteiger charge is -2.33. The van der Waals surface area contributed by atoms with Crippen molar-refractivity contribution in [1.82, 2.24) is 0 Å². The van der Waals surface area contributed by atoms with Crippen LogP contribution in [0.5, 0.6) is 11.5 Å². The minimum absolute atomic E-state index is 0.139. The van der Waals surface area contributed by atoms with Gasteiger partial charge in [-0.25, -0.2) is 4.99 Å². The molecule has 0 bridgehead atoms. The highest BCUT2D eigenvalue weighted by Gasteiger charge is 2.32. The van der Waals surface area contributed by atoms with Gasteiger partial charge in [0.25, 0.3) is 5.91 Å². The fraction of sp³-hybridized carbons (Fsp3) is 0.367. The number of aryl methyl sites for hydroxylation is 1. The van der Waals surface area contributed by atoms with Gasteiger partial charge in [0.2, 0.25) is 0 Å². The van der Waals surface area contributed by atoms with Gasteiger partial charge in [0, 0.05) is 16.8 Å². The molecule has 37 heavy (non-hydrogen) atoms. The highest BCUT2D eigenvalue weighted by molar-refractivity contribution is 7.16. The molecule has 0 fully saturated rings. The number of methoxy groups -OCH3 is 1. The first kappa shape index (κ1) is 26.4. The van der Waals surface area contributed by atoms with E-state index in [1.54, 1.807) is 30.7 Å². The Hall–Kier alpha value is -3.63. The Bertz CT molecular complexity index is 1340. The van der Waals surface area contributed by atoms with E-state index in [0.717, 1.165) is 41.1 Å². The molecule has 1 amide bonds. The third kappa shape index (κ3) is 6.39. The number of ether oxygens (including phenoxy) is 2. The second-order valence-electron chi connectivity index (χ2n) is 10.5. The number of hydrogen-bond acceptors (Lipinski definition) is 6. The fourth-order valence-electron chi connectivity index (χ4n) is 4.51. The van der Waals surface area contributed by atoms with E-state index in [1.807, 2.05) is 43.3 Å². The first-order valence-electron chi connectivity index (χ1n) is 12.4. The van der Waals surface area contributed by atoms with Crippen molar-refractivity contribution in [2.45, 2.75) is 47.0 Å². The number of anilines is 1. The molecular weight excluding hydrogens is 482 g/mol. The Balaban J connectivity index is 1.44. The number of thiophene rings is 1. The molecule has 0 unspecified atom stereocenters. The molecule has 0 aliphatic heterocycles. The Morgan fingerprint density at radius 3 is 2.65 bits per heavy atom. The first-order valence-corrected chi connectivity index (χ1v) is 13.3. The highest BCUT2D eigenvalue weighted by atomic mass is 32.1. The van der Waals surface area contributed by atoms with Crippen molar-refractivity contribution >= 4 is 34.1 Å². The van der Waals surface area contributed by atoms with Crippen LogP contribution in [0, 0.1) is 29.6 Å². The van der Waals surface area contributed by atoms with Crippen LogP contribution in [-0.4, -0.2) is 25.8 Å². The molecule has 1 atom stereocenters. The van der Waals surface area contributed by atoms with E-state index in [4.69, 9.17) is 9.47 Å². The van der Waals surface area contributed by atoms with E-state index in [2.05, 4.69) is 37.1 Å². The standard InChI is InChI=1S/C30H33N3O3S/c1-19-6-10-22(11-7-19)33-28(34)18-36-25-13-8-20(14-26(25)35-5)17-32-29-24(16-31)23-12-9-21(30(2,3)4)15-27(23)37-29/h6-8,10-11,13-14,17,21H,9,12,15,18H2,1-5H3,(H,33,34)/t21-/m0/s1. The molecule has 0 saturated carbocycles. The summed E-state index contributed by atoms with van der Waals surface area (Å²) in [6, 6.07) is 15.4. The Kier molecular flexibility index (Phi) is 7.99. The first-order chi connectivity index (χ1) is 17.7. The van der Waals surface area contributed by atoms with E-state index in [1.165, 1.54) is 10.4 Å². The summed E-state index contributed by atoms with van der Waals surface area (Å²) in [5.41, 5.74) is 4.79. The van der Waals surface area contributed by atoms with Crippen LogP contribution < -0.4 is 14.8 Å². The summed E-state index contributed by atoms with van der Waals surface area (Å²) in [5.74, 6) is 1.33. The zero-order valence-corrected chi connectivity index (χ0v) is 22.9. The summed E-state index contributed by atoms with van der Waals surface area (Å²) in [6.07, 6.45) is 4.79. The zero-order valence-electron chi connectivity index (χ0n) is 22.1. The van der Waals surface area contributed by atoms with Crippen LogP contribution in [-0.2, 0) is 17.6 Å². The van der Waals surface area contributed by atoms with Crippen LogP contribution in [0.15, 0.2) is 47.5 Å². The summed E-state index contributed by atoms with van der Waals surface area (Å²) >= 11 is 1.63. The number of nitriles is 1. The average Bonchev–Trinajstić information content (AvgIpc) is 3.24. The van der Waals surface area contributed by atoms with E-state index >= 15 is 0 Å². The second-order valence-corrected chi connectivity index (χ2v) is 11.6. The minimum atomic E-state index is -0.254. The molecule has 1 N–H and O–H groups in total. The average molecular weight is 516 g/mol. The number of aliphatic imine (C=N–C) groups is 1. The molecule has 3 aromatic rings. The number of benzene rings is 2. The second kappa shape index (κ2) is 11.2. The lowest BCUT2D eigenvalue weighted by Crippen LogP contribution is -2.26. The lowest BCUT2D eigenvalue weighted by molar-refractivity contribution is -0.118. The van der Waals surface area contributed by atoms with Crippen LogP contribution >= 0.6 is 11.3 Å². The van der Waals surface area contributed by atoms with E-state index in [0.29, 0.717) is 23.0 Å². The maximum absolute atomic E-state index is 12.3. The van der Waals surface area contributed by atoms with E-state index < -0.39 is 0 Å². The van der Waals surface area contributed by atoms with Crippen molar-refractivity contribution < 1.29 is 14.3 Å². The summed E-state index contributed by atoms with van der Waals surface area (Å²) in [5, 5.41) is 13.4. The number of carbonyl (C=O) groups is 1. The lowest BCUT2D eigenvalue weighted by atomic mass is 9.72. The largest absolute Gasteiger partial charge is 0.493 e. The topological polar surface area (TPSA) is 83.7 Å². The molecule has 1 aliphatic carbocycles. The number of rotatable bonds is 7. The predicted molar refractivity (Wildman–Crippen MR) is 150 cm³/mol. The van der Waals surface area contributed by atoms with Gasteiger partial charge in [-0.2, -0.15) is 5.26 Å². The number of fused-ring (bicyclic) bond motifs is 1. The summed E-state index contributed by atoms with van der Waals surface area (Å²) in [6.45, 7) is 8.72. The van der Waals surface area contributed by atoms with Gasteiger partial charge in [-0.3, -0.25) is 4.79 Å². The number of amides is 1. The van der Waals surface area contributed by atoms with Crippen molar-refractivity contribution in [3.05, 3.63) is 69.6 Å². The van der Waals surface area contributed by atoms with Crippen molar-refractivity contribution in [1.29, 1.82) is 5.26 Å². The van der Waals surface area contributed by atoms with Gasteiger partial charge in [0.05, 0.1) is 12.7 Å². The third-order valence-corrected chi connectivity index (χ3v) is 7.96. The monoisotopic (exact) mass is 515 g/mol. The molecule has 0 saturated heterocycles. The third-order valence-electron chi connectivity index (χ3n) is 6.80. The minimum Gasteiger partial charge on any atom is -0.493 e. The molecule has 2 aromatic carbocycles. The normalized spacial score (nSPS) is 15.2. The Morgan fingerprint density at radius 2 is 1.97 bits per heavy atom. The van der Waals surface area contributed by atoms with Gasteiger partial charge < -0.3 is 14.8 Å². The predicted octanol–water partition coefficient (Wildman–Crippen LogP) is 6.86. The molecule has 7 heteroatoms. The van der Waals surface area contributed by atoms with E-state index in [9.17, 15) is 10.1 Å². The molecule has 4 rings (SSSR count). The number of carbonyl (C=O) groups excluding carboxylic acids is 1. The quantitative estimate of drug-likeness (QED) is 0.349. The van der Waals surface area contributed by atoms with Crippen LogP contribution in [0.3, 0.4) is 0 Å². The van der Waals surface area contributed by atoms with Crippen LogP contribution in [0.25, 0.3) is 0 Å². The molecule has 6 nitrogen and oxygen atoms in total. The number of hydrogen-bond donors (Lipinski definition) is 1. The maximum atomic E-state index is 12.3. The van der Waals surface area contributed by atoms with Gasteiger partial charge in [-0.05, 0) is 79.0 Å². The summed E-state index contributed by atoms with van der Waals surface area (Å²) in [4.78, 5) is 18.3. The number of nitrogens with one attached hydrogen (secondary N) is 1. The van der Waals surface area contributed by atoms with Gasteiger partial charge >= 0.3 is 0 Å².